The molecule has 0 saturated heterocycles. The van der Waals surface area contributed by atoms with Gasteiger partial charge in [-0.1, -0.05) is 11.6 Å². The molecule has 1 aliphatic rings. The quantitative estimate of drug-likeness (QED) is 0.650. The third-order valence-electron chi connectivity index (χ3n) is 5.18. The van der Waals surface area contributed by atoms with Crippen LogP contribution in [0.1, 0.15) is 28.8 Å². The molecule has 32 heavy (non-hydrogen) atoms. The Morgan fingerprint density at radius 3 is 2.59 bits per heavy atom. The highest BCUT2D eigenvalue weighted by atomic mass is 35.5. The third-order valence-corrected chi connectivity index (χ3v) is 5.40. The first kappa shape index (κ1) is 21.3. The summed E-state index contributed by atoms with van der Waals surface area (Å²) in [7, 11) is 1.45. The number of nitriles is 1. The molecule has 1 atom stereocenters. The van der Waals surface area contributed by atoms with Gasteiger partial charge in [0.25, 0.3) is 12.3 Å². The van der Waals surface area contributed by atoms with Crippen LogP contribution < -0.4 is 5.73 Å². The average molecular weight is 453 g/mol. The van der Waals surface area contributed by atoms with E-state index in [1.165, 1.54) is 31.6 Å². The summed E-state index contributed by atoms with van der Waals surface area (Å²) in [5, 5.41) is 9.46. The molecule has 1 unspecified atom stereocenters. The standard InChI is InChI=1S/C22H15ClF2N6O/c1-31-20(32)22(30-21(31)27,15-2-3-29-18(8-15)19(24)25)16-5-13(6-17(23)7-16)14-4-12(9-26)10-28-11-14/h2-8,10-11,19H,1H3,(H2,27,30). The van der Waals surface area contributed by atoms with E-state index in [4.69, 9.17) is 17.3 Å². The van der Waals surface area contributed by atoms with Crippen LogP contribution >= 0.6 is 11.6 Å². The third kappa shape index (κ3) is 3.44. The lowest BCUT2D eigenvalue weighted by Crippen LogP contribution is -2.41. The minimum absolute atomic E-state index is 0.0694. The number of hydrogen-bond donors (Lipinski definition) is 1. The number of benzene rings is 1. The van der Waals surface area contributed by atoms with E-state index in [-0.39, 0.29) is 16.5 Å². The largest absolute Gasteiger partial charge is 0.369 e. The molecule has 1 aliphatic heterocycles. The van der Waals surface area contributed by atoms with Gasteiger partial charge in [-0.05, 0) is 53.1 Å². The lowest BCUT2D eigenvalue weighted by atomic mass is 9.82. The highest BCUT2D eigenvalue weighted by molar-refractivity contribution is 6.31. The van der Waals surface area contributed by atoms with Crippen LogP contribution in [-0.4, -0.2) is 33.8 Å². The fraction of sp³-hybridized carbons (Fsp3) is 0.136. The van der Waals surface area contributed by atoms with Crippen LogP contribution in [0.4, 0.5) is 8.78 Å². The number of alkyl halides is 2. The maximum absolute atomic E-state index is 13.4. The van der Waals surface area contributed by atoms with Crippen molar-refractivity contribution in [1.82, 2.24) is 14.9 Å². The van der Waals surface area contributed by atoms with Gasteiger partial charge in [0.15, 0.2) is 11.5 Å². The summed E-state index contributed by atoms with van der Waals surface area (Å²) in [6.45, 7) is 0. The second-order valence-electron chi connectivity index (χ2n) is 7.12. The predicted octanol–water partition coefficient (Wildman–Crippen LogP) is 3.64. The smallest absolute Gasteiger partial charge is 0.280 e. The minimum Gasteiger partial charge on any atom is -0.369 e. The molecule has 0 spiro atoms. The molecule has 3 aromatic rings. The molecule has 0 fully saturated rings. The number of pyridine rings is 2. The highest BCUT2D eigenvalue weighted by Gasteiger charge is 2.50. The van der Waals surface area contributed by atoms with Crippen molar-refractivity contribution >= 4 is 23.5 Å². The number of aromatic nitrogens is 2. The normalized spacial score (nSPS) is 18.1. The van der Waals surface area contributed by atoms with Gasteiger partial charge in [0.2, 0.25) is 0 Å². The lowest BCUT2D eigenvalue weighted by Gasteiger charge is -2.27. The van der Waals surface area contributed by atoms with Crippen molar-refractivity contribution in [2.75, 3.05) is 7.05 Å². The van der Waals surface area contributed by atoms with Crippen molar-refractivity contribution in [3.8, 4) is 17.2 Å². The molecule has 0 saturated carbocycles. The first-order valence-electron chi connectivity index (χ1n) is 9.31. The van der Waals surface area contributed by atoms with Gasteiger partial charge in [0.05, 0.1) is 5.56 Å². The van der Waals surface area contributed by atoms with Gasteiger partial charge >= 0.3 is 0 Å². The van der Waals surface area contributed by atoms with Crippen molar-refractivity contribution in [3.63, 3.8) is 0 Å². The zero-order chi connectivity index (χ0) is 23.0. The Kier molecular flexibility index (Phi) is 5.32. The zero-order valence-electron chi connectivity index (χ0n) is 16.6. The Hall–Kier alpha value is -3.90. The van der Waals surface area contributed by atoms with E-state index >= 15 is 0 Å². The van der Waals surface area contributed by atoms with Gasteiger partial charge < -0.3 is 5.73 Å². The van der Waals surface area contributed by atoms with Crippen LogP contribution in [0.3, 0.4) is 0 Å². The number of carbonyl (C=O) groups excluding carboxylic acids is 1. The number of rotatable bonds is 4. The number of carbonyl (C=O) groups is 1. The summed E-state index contributed by atoms with van der Waals surface area (Å²) < 4.78 is 26.7. The van der Waals surface area contributed by atoms with Crippen LogP contribution in [0.25, 0.3) is 11.1 Å². The molecular formula is C22H15ClF2N6O. The SMILES string of the molecule is CN1C(=O)C(c2cc(Cl)cc(-c3cncc(C#N)c3)c2)(c2ccnc(C(F)F)c2)N=C1N. The molecule has 0 radical (unpaired) electrons. The molecular weight excluding hydrogens is 438 g/mol. The van der Waals surface area contributed by atoms with E-state index in [9.17, 15) is 18.8 Å². The Morgan fingerprint density at radius 2 is 1.94 bits per heavy atom. The topological polar surface area (TPSA) is 108 Å². The van der Waals surface area contributed by atoms with Crippen LogP contribution in [-0.2, 0) is 10.3 Å². The van der Waals surface area contributed by atoms with Gasteiger partial charge in [-0.15, -0.1) is 0 Å². The Morgan fingerprint density at radius 1 is 1.16 bits per heavy atom. The van der Waals surface area contributed by atoms with Gasteiger partial charge in [0.1, 0.15) is 11.8 Å². The second kappa shape index (κ2) is 7.98. The maximum Gasteiger partial charge on any atom is 0.280 e. The van der Waals surface area contributed by atoms with E-state index in [0.29, 0.717) is 22.3 Å². The highest BCUT2D eigenvalue weighted by Crippen LogP contribution is 2.42. The molecule has 3 heterocycles. The van der Waals surface area contributed by atoms with Gasteiger partial charge in [-0.2, -0.15) is 5.26 Å². The Balaban J connectivity index is 1.98. The monoisotopic (exact) mass is 452 g/mol. The number of hydrogen-bond acceptors (Lipinski definition) is 6. The fourth-order valence-electron chi connectivity index (χ4n) is 3.60. The molecule has 2 aromatic heterocycles. The number of likely N-dealkylation sites (N-methyl/N-ethyl adjacent to an activating group) is 1. The molecule has 0 bridgehead atoms. The number of halogens is 3. The summed E-state index contributed by atoms with van der Waals surface area (Å²) in [6, 6.07) is 11.0. The number of guanidine groups is 1. The lowest BCUT2D eigenvalue weighted by molar-refractivity contribution is -0.129. The van der Waals surface area contributed by atoms with Crippen LogP contribution in [0.15, 0.2) is 60.0 Å². The maximum atomic E-state index is 13.4. The van der Waals surface area contributed by atoms with Gasteiger partial charge in [-0.25, -0.2) is 13.8 Å². The molecule has 1 amide bonds. The van der Waals surface area contributed by atoms with Crippen molar-refractivity contribution in [3.05, 3.63) is 82.4 Å². The number of nitrogens with two attached hydrogens (primary N) is 1. The molecule has 7 nitrogen and oxygen atoms in total. The van der Waals surface area contributed by atoms with Crippen molar-refractivity contribution in [2.24, 2.45) is 10.7 Å². The van der Waals surface area contributed by atoms with E-state index in [0.717, 1.165) is 11.0 Å². The molecule has 4 rings (SSSR count). The van der Waals surface area contributed by atoms with E-state index < -0.39 is 23.6 Å². The first-order chi connectivity index (χ1) is 15.3. The van der Waals surface area contributed by atoms with Crippen molar-refractivity contribution in [2.45, 2.75) is 12.0 Å². The van der Waals surface area contributed by atoms with Crippen LogP contribution in [0.5, 0.6) is 0 Å². The molecule has 2 N–H and O–H groups in total. The van der Waals surface area contributed by atoms with Gasteiger partial charge in [-0.3, -0.25) is 19.7 Å². The van der Waals surface area contributed by atoms with Crippen molar-refractivity contribution < 1.29 is 13.6 Å². The van der Waals surface area contributed by atoms with E-state index in [2.05, 4.69) is 15.0 Å². The zero-order valence-corrected chi connectivity index (χ0v) is 17.4. The van der Waals surface area contributed by atoms with E-state index in [1.54, 1.807) is 24.4 Å². The fourth-order valence-corrected chi connectivity index (χ4v) is 3.84. The first-order valence-corrected chi connectivity index (χ1v) is 9.68. The summed E-state index contributed by atoms with van der Waals surface area (Å²) in [5.74, 6) is -0.599. The van der Waals surface area contributed by atoms with Crippen LogP contribution in [0, 0.1) is 11.3 Å². The van der Waals surface area contributed by atoms with Crippen molar-refractivity contribution in [1.29, 1.82) is 5.26 Å². The van der Waals surface area contributed by atoms with Gasteiger partial charge in [0, 0.05) is 36.2 Å². The molecule has 10 heteroatoms. The molecule has 1 aromatic carbocycles. The van der Waals surface area contributed by atoms with Crippen LogP contribution in [0.2, 0.25) is 5.02 Å². The molecule has 0 aliphatic carbocycles. The van der Waals surface area contributed by atoms with E-state index in [1.807, 2.05) is 6.07 Å². The minimum atomic E-state index is -2.84. The summed E-state index contributed by atoms with van der Waals surface area (Å²) in [4.78, 5) is 26.7. The summed E-state index contributed by atoms with van der Waals surface area (Å²) in [5.41, 5.74) is 5.72. The Labute approximate surface area is 186 Å². The average Bonchev–Trinajstić information content (AvgIpc) is 3.03. The number of amides is 1. The molecule has 160 valence electrons. The number of nitrogens with zero attached hydrogens (tertiary/aromatic N) is 5. The number of aliphatic imine (C=N–C) groups is 1. The summed E-state index contributed by atoms with van der Waals surface area (Å²) >= 11 is 6.38. The predicted molar refractivity (Wildman–Crippen MR) is 114 cm³/mol. The second-order valence-corrected chi connectivity index (χ2v) is 7.55. The summed E-state index contributed by atoms with van der Waals surface area (Å²) in [6.07, 6.45) is 1.32. The Bertz CT molecular complexity index is 1310.